The van der Waals surface area contributed by atoms with E-state index >= 15 is 0 Å². The predicted octanol–water partition coefficient (Wildman–Crippen LogP) is 6.58. The molecule has 0 spiro atoms. The van der Waals surface area contributed by atoms with E-state index in [4.69, 9.17) is 14.2 Å². The third-order valence-corrected chi connectivity index (χ3v) is 5.93. The van der Waals surface area contributed by atoms with Gasteiger partial charge in [0.05, 0.1) is 26.4 Å². The van der Waals surface area contributed by atoms with Gasteiger partial charge >= 0.3 is 0 Å². The van der Waals surface area contributed by atoms with Crippen molar-refractivity contribution in [2.75, 3.05) is 39.6 Å². The summed E-state index contributed by atoms with van der Waals surface area (Å²) >= 11 is 0. The van der Waals surface area contributed by atoms with Crippen LogP contribution in [0.5, 0.6) is 5.75 Å². The largest absolute Gasteiger partial charge is 0.491 e. The first-order valence-electron chi connectivity index (χ1n) is 13.2. The normalized spacial score (nSPS) is 11.3. The Hall–Kier alpha value is -3.67. The lowest BCUT2D eigenvalue weighted by molar-refractivity contribution is -0.121. The number of amides is 1. The molecular formula is C33H39NO4. The minimum atomic E-state index is 0.0362. The van der Waals surface area contributed by atoms with Crippen molar-refractivity contribution in [3.05, 3.63) is 100 Å². The highest BCUT2D eigenvalue weighted by molar-refractivity contribution is 5.75. The molecule has 200 valence electrons. The Kier molecular flexibility index (Phi) is 12.3. The topological polar surface area (TPSA) is 56.8 Å². The first-order valence-corrected chi connectivity index (χ1v) is 13.2. The van der Waals surface area contributed by atoms with Crippen LogP contribution < -0.4 is 10.1 Å². The molecular weight excluding hydrogens is 474 g/mol. The summed E-state index contributed by atoms with van der Waals surface area (Å²) in [7, 11) is 0. The molecule has 0 fully saturated rings. The molecule has 5 heteroatoms. The van der Waals surface area contributed by atoms with Gasteiger partial charge < -0.3 is 19.5 Å². The van der Waals surface area contributed by atoms with Crippen LogP contribution >= 0.6 is 0 Å². The Morgan fingerprint density at radius 1 is 0.711 bits per heavy atom. The molecule has 3 rings (SSSR count). The van der Waals surface area contributed by atoms with Gasteiger partial charge in [0.1, 0.15) is 12.4 Å². The van der Waals surface area contributed by atoms with Crippen LogP contribution in [0, 0.1) is 13.8 Å². The number of hydrogen-bond acceptors (Lipinski definition) is 4. The minimum absolute atomic E-state index is 0.0362. The average Bonchev–Trinajstić information content (AvgIpc) is 2.93. The van der Waals surface area contributed by atoms with Gasteiger partial charge in [-0.15, -0.1) is 0 Å². The summed E-state index contributed by atoms with van der Waals surface area (Å²) < 4.78 is 16.7. The quantitative estimate of drug-likeness (QED) is 0.184. The SMILES string of the molecule is CCC(=O)NCCOCCOCCOc1ccc(/C=C/c2ccc(/C=C/c3ccc(C)cc3)cc2C)cc1. The molecule has 1 N–H and O–H groups in total. The van der Waals surface area contributed by atoms with Crippen LogP contribution in [-0.2, 0) is 14.3 Å². The van der Waals surface area contributed by atoms with E-state index in [9.17, 15) is 4.79 Å². The Morgan fingerprint density at radius 2 is 1.29 bits per heavy atom. The minimum Gasteiger partial charge on any atom is -0.491 e. The number of aryl methyl sites for hydroxylation is 2. The summed E-state index contributed by atoms with van der Waals surface area (Å²) in [6, 6.07) is 23.1. The van der Waals surface area contributed by atoms with E-state index in [2.05, 4.69) is 85.9 Å². The van der Waals surface area contributed by atoms with Crippen LogP contribution in [0.4, 0.5) is 0 Å². The van der Waals surface area contributed by atoms with Crippen LogP contribution in [0.3, 0.4) is 0 Å². The molecule has 0 bridgehead atoms. The van der Waals surface area contributed by atoms with E-state index in [0.29, 0.717) is 46.0 Å². The average molecular weight is 514 g/mol. The number of ether oxygens (including phenoxy) is 3. The molecule has 3 aromatic carbocycles. The summed E-state index contributed by atoms with van der Waals surface area (Å²) in [5.41, 5.74) is 7.21. The van der Waals surface area contributed by atoms with Crippen molar-refractivity contribution in [2.45, 2.75) is 27.2 Å². The van der Waals surface area contributed by atoms with Crippen molar-refractivity contribution < 1.29 is 19.0 Å². The standard InChI is InChI=1S/C33H39NO4/c1-4-33(35)34-19-20-36-21-22-37-23-24-38-32-17-13-29(14-18-32)11-15-31-16-12-30(25-27(31)3)10-9-28-7-5-26(2)6-8-28/h5-18,25H,4,19-24H2,1-3H3,(H,34,35)/b10-9+,15-11+. The summed E-state index contributed by atoms with van der Waals surface area (Å²) in [5, 5.41) is 2.77. The molecule has 0 radical (unpaired) electrons. The zero-order valence-electron chi connectivity index (χ0n) is 22.7. The third-order valence-electron chi connectivity index (χ3n) is 5.93. The fraction of sp³-hybridized carbons (Fsp3) is 0.303. The van der Waals surface area contributed by atoms with Crippen LogP contribution in [0.15, 0.2) is 66.7 Å². The zero-order valence-corrected chi connectivity index (χ0v) is 22.7. The molecule has 0 heterocycles. The fourth-order valence-electron chi connectivity index (χ4n) is 3.65. The Morgan fingerprint density at radius 3 is 1.97 bits per heavy atom. The smallest absolute Gasteiger partial charge is 0.219 e. The molecule has 0 aliphatic heterocycles. The van der Waals surface area contributed by atoms with E-state index in [1.165, 1.54) is 27.8 Å². The van der Waals surface area contributed by atoms with Crippen LogP contribution in [0.2, 0.25) is 0 Å². The number of hydrogen-bond donors (Lipinski definition) is 1. The van der Waals surface area contributed by atoms with Crippen LogP contribution in [0.1, 0.15) is 46.7 Å². The van der Waals surface area contributed by atoms with Crippen molar-refractivity contribution in [1.82, 2.24) is 5.32 Å². The molecule has 5 nitrogen and oxygen atoms in total. The number of carbonyl (C=O) groups is 1. The summed E-state index contributed by atoms with van der Waals surface area (Å²) in [4.78, 5) is 11.1. The number of rotatable bonds is 15. The van der Waals surface area contributed by atoms with E-state index in [1.54, 1.807) is 0 Å². The van der Waals surface area contributed by atoms with E-state index in [0.717, 1.165) is 11.3 Å². The van der Waals surface area contributed by atoms with Gasteiger partial charge in [0.25, 0.3) is 0 Å². The first kappa shape index (κ1) is 28.9. The van der Waals surface area contributed by atoms with Gasteiger partial charge in [0.2, 0.25) is 5.91 Å². The molecule has 38 heavy (non-hydrogen) atoms. The molecule has 0 saturated heterocycles. The second kappa shape index (κ2) is 16.2. The molecule has 1 amide bonds. The van der Waals surface area contributed by atoms with Crippen molar-refractivity contribution in [1.29, 1.82) is 0 Å². The summed E-state index contributed by atoms with van der Waals surface area (Å²) in [5.74, 6) is 0.851. The van der Waals surface area contributed by atoms with Crippen molar-refractivity contribution in [3.8, 4) is 5.75 Å². The monoisotopic (exact) mass is 513 g/mol. The highest BCUT2D eigenvalue weighted by Crippen LogP contribution is 2.18. The predicted molar refractivity (Wildman–Crippen MR) is 157 cm³/mol. The molecule has 0 aromatic heterocycles. The molecule has 0 atom stereocenters. The van der Waals surface area contributed by atoms with Gasteiger partial charge in [-0.25, -0.2) is 0 Å². The van der Waals surface area contributed by atoms with Gasteiger partial charge in [-0.3, -0.25) is 4.79 Å². The summed E-state index contributed by atoms with van der Waals surface area (Å²) in [6.45, 7) is 9.05. The zero-order chi connectivity index (χ0) is 27.0. The van der Waals surface area contributed by atoms with Crippen molar-refractivity contribution in [3.63, 3.8) is 0 Å². The Balaban J connectivity index is 1.35. The maximum absolute atomic E-state index is 11.1. The van der Waals surface area contributed by atoms with Gasteiger partial charge in [-0.1, -0.05) is 91.4 Å². The number of benzene rings is 3. The van der Waals surface area contributed by atoms with Crippen molar-refractivity contribution >= 4 is 30.2 Å². The Labute approximate surface area is 227 Å². The molecule has 0 aliphatic rings. The first-order chi connectivity index (χ1) is 18.5. The van der Waals surface area contributed by atoms with Crippen molar-refractivity contribution in [2.24, 2.45) is 0 Å². The Bertz CT molecular complexity index is 1180. The van der Waals surface area contributed by atoms with E-state index in [-0.39, 0.29) is 5.91 Å². The molecule has 0 saturated carbocycles. The second-order valence-corrected chi connectivity index (χ2v) is 9.04. The van der Waals surface area contributed by atoms with E-state index in [1.807, 2.05) is 31.2 Å². The second-order valence-electron chi connectivity index (χ2n) is 9.04. The lowest BCUT2D eigenvalue weighted by atomic mass is 10.0. The highest BCUT2D eigenvalue weighted by Gasteiger charge is 1.99. The van der Waals surface area contributed by atoms with Crippen LogP contribution in [-0.4, -0.2) is 45.5 Å². The lowest BCUT2D eigenvalue weighted by Gasteiger charge is -2.08. The number of carbonyl (C=O) groups excluding carboxylic acids is 1. The van der Waals surface area contributed by atoms with Gasteiger partial charge in [0.15, 0.2) is 0 Å². The molecule has 0 aliphatic carbocycles. The maximum Gasteiger partial charge on any atom is 0.219 e. The summed E-state index contributed by atoms with van der Waals surface area (Å²) in [6.07, 6.45) is 9.05. The van der Waals surface area contributed by atoms with Gasteiger partial charge in [-0.2, -0.15) is 0 Å². The molecule has 0 unspecified atom stereocenters. The van der Waals surface area contributed by atoms with Gasteiger partial charge in [0, 0.05) is 13.0 Å². The number of nitrogens with one attached hydrogen (secondary N) is 1. The lowest BCUT2D eigenvalue weighted by Crippen LogP contribution is -2.26. The van der Waals surface area contributed by atoms with Gasteiger partial charge in [-0.05, 0) is 53.8 Å². The van der Waals surface area contributed by atoms with Crippen LogP contribution in [0.25, 0.3) is 24.3 Å². The maximum atomic E-state index is 11.1. The third kappa shape index (κ3) is 10.8. The fourth-order valence-corrected chi connectivity index (χ4v) is 3.65. The van der Waals surface area contributed by atoms with E-state index < -0.39 is 0 Å². The molecule has 3 aromatic rings. The highest BCUT2D eigenvalue weighted by atomic mass is 16.5.